The lowest BCUT2D eigenvalue weighted by Crippen LogP contribution is -2.28. The average Bonchev–Trinajstić information content (AvgIpc) is 3.47. The van der Waals surface area contributed by atoms with Crippen LogP contribution < -0.4 is 15.6 Å². The van der Waals surface area contributed by atoms with E-state index in [9.17, 15) is 22.8 Å². The number of rotatable bonds is 8. The number of halogens is 3. The van der Waals surface area contributed by atoms with Gasteiger partial charge in [-0.2, -0.15) is 5.10 Å². The fourth-order valence-corrected chi connectivity index (χ4v) is 3.78. The molecule has 10 nitrogen and oxygen atoms in total. The molecule has 5 rings (SSSR count). The molecule has 0 fully saturated rings. The summed E-state index contributed by atoms with van der Waals surface area (Å²) >= 11 is 0. The molecule has 3 aromatic heterocycles. The van der Waals surface area contributed by atoms with Crippen LogP contribution in [0, 0.1) is 17.5 Å². The number of carbonyl (C=O) groups is 1. The summed E-state index contributed by atoms with van der Waals surface area (Å²) in [6.45, 7) is 0.387. The van der Waals surface area contributed by atoms with E-state index >= 15 is 0 Å². The van der Waals surface area contributed by atoms with E-state index in [4.69, 9.17) is 4.74 Å². The number of amides is 1. The first-order valence-corrected chi connectivity index (χ1v) is 11.9. The van der Waals surface area contributed by atoms with Crippen LogP contribution in [0.5, 0.6) is 5.75 Å². The molecule has 40 heavy (non-hydrogen) atoms. The highest BCUT2D eigenvalue weighted by atomic mass is 19.2. The topological polar surface area (TPSA) is 128 Å². The van der Waals surface area contributed by atoms with Crippen molar-refractivity contribution in [3.8, 4) is 28.4 Å². The van der Waals surface area contributed by atoms with Crippen molar-refractivity contribution in [2.45, 2.75) is 13.0 Å². The summed E-state index contributed by atoms with van der Waals surface area (Å²) in [5.74, 6) is -3.80. The van der Waals surface area contributed by atoms with Crippen LogP contribution in [0.2, 0.25) is 0 Å². The van der Waals surface area contributed by atoms with Gasteiger partial charge in [0.25, 0.3) is 5.56 Å². The Kier molecular flexibility index (Phi) is 7.62. The summed E-state index contributed by atoms with van der Waals surface area (Å²) in [6, 6.07) is 11.1. The molecule has 2 aromatic carbocycles. The number of carbonyl (C=O) groups excluding carboxylic acids is 1. The first-order valence-electron chi connectivity index (χ1n) is 11.9. The van der Waals surface area contributed by atoms with Crippen molar-refractivity contribution in [2.75, 3.05) is 6.54 Å². The zero-order valence-corrected chi connectivity index (χ0v) is 20.6. The zero-order chi connectivity index (χ0) is 28.1. The van der Waals surface area contributed by atoms with Crippen LogP contribution >= 0.6 is 0 Å². The molecule has 2 N–H and O–H groups in total. The lowest BCUT2D eigenvalue weighted by atomic mass is 10.1. The minimum absolute atomic E-state index is 0.0129. The maximum Gasteiger partial charge on any atom is 0.412 e. The lowest BCUT2D eigenvalue weighted by molar-refractivity contribution is 0.200. The third kappa shape index (κ3) is 6.20. The van der Waals surface area contributed by atoms with Gasteiger partial charge in [0.05, 0.1) is 31.0 Å². The molecule has 0 saturated heterocycles. The average molecular weight is 547 g/mol. The fraction of sp³-hybridized carbons (Fsp3) is 0.111. The first kappa shape index (κ1) is 26.3. The molecule has 0 aliphatic heterocycles. The molecule has 0 saturated carbocycles. The number of benzene rings is 2. The number of ether oxygens (including phenoxy) is 1. The van der Waals surface area contributed by atoms with Crippen LogP contribution in [0.1, 0.15) is 11.3 Å². The molecule has 0 bridgehead atoms. The molecule has 5 aromatic rings. The van der Waals surface area contributed by atoms with Gasteiger partial charge in [-0.1, -0.05) is 18.2 Å². The molecular formula is C27H20F3N7O3. The van der Waals surface area contributed by atoms with Crippen molar-refractivity contribution < 1.29 is 22.7 Å². The van der Waals surface area contributed by atoms with Crippen molar-refractivity contribution in [1.29, 1.82) is 0 Å². The van der Waals surface area contributed by atoms with Gasteiger partial charge in [-0.05, 0) is 29.8 Å². The molecule has 3 heterocycles. The second kappa shape index (κ2) is 11.6. The SMILES string of the molecule is O=C(NCCc1cnc[nH]1)Oc1cnc(-c2cccc(Cn3nc(-c4cc(F)c(F)c(F)c4)ccc3=O)c2)nc1. The monoisotopic (exact) mass is 547 g/mol. The molecule has 0 aliphatic rings. The number of hydrogen-bond donors (Lipinski definition) is 2. The summed E-state index contributed by atoms with van der Waals surface area (Å²) in [5.41, 5.74) is 1.81. The van der Waals surface area contributed by atoms with E-state index in [1.165, 1.54) is 24.5 Å². The predicted octanol–water partition coefficient (Wildman–Crippen LogP) is 3.89. The summed E-state index contributed by atoms with van der Waals surface area (Å²) in [4.78, 5) is 39.8. The summed E-state index contributed by atoms with van der Waals surface area (Å²) < 4.78 is 47.0. The van der Waals surface area contributed by atoms with Gasteiger partial charge in [-0.15, -0.1) is 0 Å². The first-order chi connectivity index (χ1) is 19.4. The molecule has 0 aliphatic carbocycles. The minimum Gasteiger partial charge on any atom is -0.407 e. The van der Waals surface area contributed by atoms with Crippen molar-refractivity contribution >= 4 is 6.09 Å². The predicted molar refractivity (Wildman–Crippen MR) is 137 cm³/mol. The van der Waals surface area contributed by atoms with Gasteiger partial charge >= 0.3 is 6.09 Å². The van der Waals surface area contributed by atoms with E-state index in [0.717, 1.165) is 22.5 Å². The Balaban J connectivity index is 1.26. The summed E-state index contributed by atoms with van der Waals surface area (Å²) in [5, 5.41) is 6.81. The molecule has 202 valence electrons. The van der Waals surface area contributed by atoms with Gasteiger partial charge in [0.15, 0.2) is 29.0 Å². The van der Waals surface area contributed by atoms with Gasteiger partial charge in [0.1, 0.15) is 0 Å². The van der Waals surface area contributed by atoms with Gasteiger partial charge in [0.2, 0.25) is 0 Å². The maximum atomic E-state index is 13.7. The van der Waals surface area contributed by atoms with Gasteiger partial charge < -0.3 is 15.0 Å². The van der Waals surface area contributed by atoms with Crippen LogP contribution in [-0.2, 0) is 13.0 Å². The van der Waals surface area contributed by atoms with Crippen LogP contribution in [0.15, 0.2) is 78.2 Å². The van der Waals surface area contributed by atoms with Crippen molar-refractivity contribution in [3.63, 3.8) is 0 Å². The highest BCUT2D eigenvalue weighted by molar-refractivity contribution is 5.70. The summed E-state index contributed by atoms with van der Waals surface area (Å²) in [6.07, 6.45) is 5.86. The Hall–Kier alpha value is -5.33. The normalized spacial score (nSPS) is 10.9. The largest absolute Gasteiger partial charge is 0.412 e. The minimum atomic E-state index is -1.58. The second-order valence-electron chi connectivity index (χ2n) is 8.55. The third-order valence-electron chi connectivity index (χ3n) is 5.72. The smallest absolute Gasteiger partial charge is 0.407 e. The number of aromatic nitrogens is 6. The van der Waals surface area contributed by atoms with Gasteiger partial charge in [-0.25, -0.2) is 37.6 Å². The molecular weight excluding hydrogens is 527 g/mol. The van der Waals surface area contributed by atoms with Crippen LogP contribution in [0.4, 0.5) is 18.0 Å². The zero-order valence-electron chi connectivity index (χ0n) is 20.6. The standard InChI is InChI=1S/C27H20F3N7O3/c28-21-9-18(10-22(29)25(21)30)23-4-5-24(38)37(36-23)14-16-2-1-3-17(8-16)26-33-12-20(13-34-26)40-27(39)32-7-6-19-11-31-15-35-19/h1-5,8-13,15H,6-7,14H2,(H,31,35)(H,32,39). The van der Waals surface area contributed by atoms with Gasteiger partial charge in [0, 0.05) is 42.0 Å². The number of aromatic amines is 1. The van der Waals surface area contributed by atoms with Crippen molar-refractivity contribution in [2.24, 2.45) is 0 Å². The van der Waals surface area contributed by atoms with E-state index in [-0.39, 0.29) is 23.6 Å². The van der Waals surface area contributed by atoms with E-state index in [1.807, 2.05) is 0 Å². The van der Waals surface area contributed by atoms with Crippen molar-refractivity contribution in [3.05, 3.63) is 113 Å². The van der Waals surface area contributed by atoms with E-state index in [1.54, 1.807) is 36.8 Å². The van der Waals surface area contributed by atoms with E-state index < -0.39 is 29.1 Å². The fourth-order valence-electron chi connectivity index (χ4n) is 3.78. The third-order valence-corrected chi connectivity index (χ3v) is 5.72. The molecule has 0 atom stereocenters. The molecule has 0 unspecified atom stereocenters. The second-order valence-corrected chi connectivity index (χ2v) is 8.55. The Morgan fingerprint density at radius 2 is 1.75 bits per heavy atom. The number of nitrogens with one attached hydrogen (secondary N) is 2. The Labute approximate surface area is 224 Å². The molecule has 0 spiro atoms. The Morgan fingerprint density at radius 1 is 0.975 bits per heavy atom. The molecule has 13 heteroatoms. The van der Waals surface area contributed by atoms with Crippen LogP contribution in [0.3, 0.4) is 0 Å². The Bertz CT molecular complexity index is 1680. The summed E-state index contributed by atoms with van der Waals surface area (Å²) in [7, 11) is 0. The number of H-pyrrole nitrogens is 1. The van der Waals surface area contributed by atoms with Crippen LogP contribution in [-0.4, -0.2) is 42.4 Å². The van der Waals surface area contributed by atoms with E-state index in [0.29, 0.717) is 29.9 Å². The quantitative estimate of drug-likeness (QED) is 0.282. The maximum absolute atomic E-state index is 13.7. The Morgan fingerprint density at radius 3 is 2.48 bits per heavy atom. The van der Waals surface area contributed by atoms with Crippen molar-refractivity contribution in [1.82, 2.24) is 35.0 Å². The number of nitrogens with zero attached hydrogens (tertiary/aromatic N) is 5. The molecule has 0 radical (unpaired) electrons. The number of imidazole rings is 1. The highest BCUT2D eigenvalue weighted by Gasteiger charge is 2.14. The highest BCUT2D eigenvalue weighted by Crippen LogP contribution is 2.22. The molecule has 1 amide bonds. The number of hydrogen-bond acceptors (Lipinski definition) is 7. The van der Waals surface area contributed by atoms with Gasteiger partial charge in [-0.3, -0.25) is 4.79 Å². The van der Waals surface area contributed by atoms with Crippen LogP contribution in [0.25, 0.3) is 22.6 Å². The lowest BCUT2D eigenvalue weighted by Gasteiger charge is -2.09. The van der Waals surface area contributed by atoms with E-state index in [2.05, 4.69) is 30.4 Å².